The Morgan fingerprint density at radius 2 is 2.06 bits per heavy atom. The molecular weight excluding hydrogens is 299 g/mol. The molecule has 1 heterocycles. The van der Waals surface area contributed by atoms with E-state index in [0.29, 0.717) is 10.7 Å². The first kappa shape index (κ1) is 12.1. The minimum atomic E-state index is -1.03. The van der Waals surface area contributed by atoms with E-state index in [1.165, 1.54) is 11.3 Å². The van der Waals surface area contributed by atoms with Gasteiger partial charge in [0.05, 0.1) is 0 Å². The van der Waals surface area contributed by atoms with Gasteiger partial charge in [0.15, 0.2) is 0 Å². The Labute approximate surface area is 109 Å². The zero-order valence-electron chi connectivity index (χ0n) is 9.01. The number of rotatable bonds is 3. The number of thiazole rings is 1. The number of hydrogen-bond acceptors (Lipinski definition) is 4. The quantitative estimate of drug-likeness (QED) is 0.872. The normalized spacial score (nSPS) is 10.4. The van der Waals surface area contributed by atoms with Crippen molar-refractivity contribution in [2.75, 3.05) is 5.32 Å². The van der Waals surface area contributed by atoms with Crippen molar-refractivity contribution in [2.45, 2.75) is 6.92 Å². The van der Waals surface area contributed by atoms with Crippen LogP contribution in [0.1, 0.15) is 16.1 Å². The first-order valence-corrected chi connectivity index (χ1v) is 7.44. The Morgan fingerprint density at radius 1 is 1.35 bits per heavy atom. The Bertz CT molecular complexity index is 551. The second-order valence-corrected chi connectivity index (χ2v) is 5.71. The SMILES string of the molecule is Cc1csc(NC(=O)c2ccc([As]=O)cc2)n1. The summed E-state index contributed by atoms with van der Waals surface area (Å²) < 4.78 is 11.5. The molecule has 1 aromatic heterocycles. The molecule has 0 fully saturated rings. The summed E-state index contributed by atoms with van der Waals surface area (Å²) >= 11 is 0.362. The number of benzene rings is 1. The van der Waals surface area contributed by atoms with Gasteiger partial charge in [0.2, 0.25) is 0 Å². The van der Waals surface area contributed by atoms with Gasteiger partial charge in [-0.1, -0.05) is 0 Å². The van der Waals surface area contributed by atoms with Crippen molar-refractivity contribution in [3.63, 3.8) is 0 Å². The van der Waals surface area contributed by atoms with Crippen molar-refractivity contribution in [3.05, 3.63) is 40.9 Å². The van der Waals surface area contributed by atoms with E-state index in [4.69, 9.17) is 0 Å². The molecule has 17 heavy (non-hydrogen) atoms. The van der Waals surface area contributed by atoms with Crippen molar-refractivity contribution in [3.8, 4) is 0 Å². The fourth-order valence-electron chi connectivity index (χ4n) is 1.25. The average Bonchev–Trinajstić information content (AvgIpc) is 2.75. The van der Waals surface area contributed by atoms with E-state index >= 15 is 0 Å². The number of anilines is 1. The number of aryl methyl sites for hydroxylation is 1. The summed E-state index contributed by atoms with van der Waals surface area (Å²) in [7, 11) is 0. The van der Waals surface area contributed by atoms with Crippen LogP contribution in [0.3, 0.4) is 0 Å². The number of aromatic nitrogens is 1. The van der Waals surface area contributed by atoms with E-state index in [2.05, 4.69) is 10.3 Å². The van der Waals surface area contributed by atoms with E-state index in [9.17, 15) is 8.53 Å². The van der Waals surface area contributed by atoms with Crippen LogP contribution in [0.4, 0.5) is 5.13 Å². The third kappa shape index (κ3) is 3.08. The number of nitrogens with zero attached hydrogens (tertiary/aromatic N) is 1. The number of carbonyl (C=O) groups excluding carboxylic acids is 1. The van der Waals surface area contributed by atoms with Crippen LogP contribution in [0.5, 0.6) is 0 Å². The van der Waals surface area contributed by atoms with E-state index in [-0.39, 0.29) is 5.91 Å². The van der Waals surface area contributed by atoms with E-state index in [0.717, 1.165) is 10.0 Å². The van der Waals surface area contributed by atoms with Crippen LogP contribution in [-0.2, 0) is 3.74 Å². The summed E-state index contributed by atoms with van der Waals surface area (Å²) in [6.07, 6.45) is 0. The van der Waals surface area contributed by atoms with Gasteiger partial charge in [0.25, 0.3) is 0 Å². The number of amides is 1. The minimum absolute atomic E-state index is 0.201. The molecule has 6 heteroatoms. The Hall–Kier alpha value is -1.32. The molecule has 0 unspecified atom stereocenters. The van der Waals surface area contributed by atoms with Crippen LogP contribution in [0.15, 0.2) is 29.6 Å². The first-order valence-electron chi connectivity index (χ1n) is 4.86. The molecule has 0 atom stereocenters. The molecule has 0 saturated heterocycles. The molecule has 2 aromatic rings. The van der Waals surface area contributed by atoms with Gasteiger partial charge in [-0.3, -0.25) is 0 Å². The zero-order valence-corrected chi connectivity index (χ0v) is 11.7. The molecule has 4 nitrogen and oxygen atoms in total. The summed E-state index contributed by atoms with van der Waals surface area (Å²) in [6, 6.07) is 6.74. The van der Waals surface area contributed by atoms with E-state index in [1.54, 1.807) is 24.3 Å². The van der Waals surface area contributed by atoms with Gasteiger partial charge >= 0.3 is 109 Å². The molecular formula is C11H9AsN2O2S. The summed E-state index contributed by atoms with van der Waals surface area (Å²) in [5.41, 5.74) is 1.42. The van der Waals surface area contributed by atoms with E-state index in [1.807, 2.05) is 12.3 Å². The Morgan fingerprint density at radius 3 is 2.59 bits per heavy atom. The topological polar surface area (TPSA) is 59.1 Å². The van der Waals surface area contributed by atoms with Crippen molar-refractivity contribution < 1.29 is 8.53 Å². The van der Waals surface area contributed by atoms with Gasteiger partial charge in [-0.05, 0) is 0 Å². The van der Waals surface area contributed by atoms with Gasteiger partial charge in [0.1, 0.15) is 0 Å². The molecule has 1 aromatic carbocycles. The van der Waals surface area contributed by atoms with Crippen LogP contribution in [0.25, 0.3) is 0 Å². The molecule has 0 bridgehead atoms. The molecule has 0 saturated carbocycles. The van der Waals surface area contributed by atoms with Gasteiger partial charge in [0, 0.05) is 0 Å². The van der Waals surface area contributed by atoms with Crippen LogP contribution in [0, 0.1) is 6.92 Å². The summed E-state index contributed by atoms with van der Waals surface area (Å²) in [5, 5.41) is 5.18. The maximum absolute atomic E-state index is 11.8. The monoisotopic (exact) mass is 308 g/mol. The fourth-order valence-corrected chi connectivity index (χ4v) is 2.51. The van der Waals surface area contributed by atoms with Crippen molar-refractivity contribution in [1.29, 1.82) is 0 Å². The zero-order chi connectivity index (χ0) is 12.3. The van der Waals surface area contributed by atoms with Crippen molar-refractivity contribution in [1.82, 2.24) is 4.98 Å². The third-order valence-corrected chi connectivity index (χ3v) is 4.02. The van der Waals surface area contributed by atoms with Gasteiger partial charge in [-0.2, -0.15) is 0 Å². The molecule has 86 valence electrons. The molecule has 0 spiro atoms. The van der Waals surface area contributed by atoms with Crippen molar-refractivity contribution in [2.24, 2.45) is 0 Å². The van der Waals surface area contributed by atoms with Crippen LogP contribution >= 0.6 is 11.3 Å². The molecule has 1 N–H and O–H groups in total. The van der Waals surface area contributed by atoms with Gasteiger partial charge in [-0.25, -0.2) is 0 Å². The maximum atomic E-state index is 11.8. The Kier molecular flexibility index (Phi) is 3.81. The van der Waals surface area contributed by atoms with Crippen LogP contribution < -0.4 is 9.67 Å². The molecule has 0 aliphatic carbocycles. The van der Waals surface area contributed by atoms with Crippen LogP contribution in [0.2, 0.25) is 0 Å². The predicted octanol–water partition coefficient (Wildman–Crippen LogP) is 1.38. The second-order valence-electron chi connectivity index (χ2n) is 3.39. The van der Waals surface area contributed by atoms with Crippen molar-refractivity contribution >= 4 is 42.4 Å². The second kappa shape index (κ2) is 5.34. The van der Waals surface area contributed by atoms with Crippen LogP contribution in [-0.4, -0.2) is 26.6 Å². The van der Waals surface area contributed by atoms with Gasteiger partial charge in [-0.15, -0.1) is 0 Å². The number of carbonyl (C=O) groups is 1. The third-order valence-electron chi connectivity index (χ3n) is 2.07. The van der Waals surface area contributed by atoms with E-state index < -0.39 is 15.7 Å². The molecule has 2 rings (SSSR count). The first-order chi connectivity index (χ1) is 8.19. The summed E-state index contributed by atoms with van der Waals surface area (Å²) in [5.74, 6) is -0.201. The standard InChI is InChI=1S/C11H9AsN2O2S/c1-7-6-17-11(13-7)14-10(15)8-2-4-9(12-16)5-3-8/h2-6H,1H3,(H,13,14,15). The predicted molar refractivity (Wildman–Crippen MR) is 67.3 cm³/mol. The Balaban J connectivity index is 2.11. The average molecular weight is 308 g/mol. The molecule has 0 aliphatic rings. The number of nitrogens with one attached hydrogen (secondary N) is 1. The summed E-state index contributed by atoms with van der Waals surface area (Å²) in [4.78, 5) is 16.0. The number of hydrogen-bond donors (Lipinski definition) is 1. The summed E-state index contributed by atoms with van der Waals surface area (Å²) in [6.45, 7) is 1.87. The molecule has 1 amide bonds. The molecule has 0 radical (unpaired) electrons. The van der Waals surface area contributed by atoms with Gasteiger partial charge < -0.3 is 0 Å². The molecule has 0 aliphatic heterocycles. The fraction of sp³-hybridized carbons (Fsp3) is 0.0909.